The Morgan fingerprint density at radius 1 is 1.21 bits per heavy atom. The lowest BCUT2D eigenvalue weighted by atomic mass is 10.1. The molecule has 0 aromatic carbocycles. The number of carbonyl (C=O) groups excluding carboxylic acids is 2. The van der Waals surface area contributed by atoms with Gasteiger partial charge in [0.1, 0.15) is 5.00 Å². The Labute approximate surface area is 148 Å². The highest BCUT2D eigenvalue weighted by Crippen LogP contribution is 2.37. The quantitative estimate of drug-likeness (QED) is 0.631. The van der Waals surface area contributed by atoms with Crippen LogP contribution in [0.25, 0.3) is 0 Å². The lowest BCUT2D eigenvalue weighted by molar-refractivity contribution is -0.707. The SMILES string of the molecule is CCOC(=O)c1c(NC(=O)C[NH2+]C(C)(C)C)sc2c1CCCCC2. The molecule has 1 amide bonds. The van der Waals surface area contributed by atoms with Crippen LogP contribution in [-0.4, -0.2) is 30.6 Å². The van der Waals surface area contributed by atoms with E-state index in [-0.39, 0.29) is 17.4 Å². The second-order valence-electron chi connectivity index (χ2n) is 7.31. The summed E-state index contributed by atoms with van der Waals surface area (Å²) in [4.78, 5) is 25.9. The fraction of sp³-hybridized carbons (Fsp3) is 0.667. The topological polar surface area (TPSA) is 72.0 Å². The van der Waals surface area contributed by atoms with Gasteiger partial charge in [0.2, 0.25) is 0 Å². The number of anilines is 1. The minimum absolute atomic E-state index is 0.00604. The summed E-state index contributed by atoms with van der Waals surface area (Å²) < 4.78 is 5.24. The van der Waals surface area contributed by atoms with Crippen molar-refractivity contribution in [2.75, 3.05) is 18.5 Å². The van der Waals surface area contributed by atoms with Crippen LogP contribution in [0.5, 0.6) is 0 Å². The number of thiophene rings is 1. The van der Waals surface area contributed by atoms with Crippen LogP contribution in [0.2, 0.25) is 0 Å². The molecule has 134 valence electrons. The molecule has 1 aromatic heterocycles. The van der Waals surface area contributed by atoms with Gasteiger partial charge in [-0.1, -0.05) is 6.42 Å². The molecule has 5 nitrogen and oxygen atoms in total. The molecule has 0 saturated heterocycles. The Morgan fingerprint density at radius 3 is 2.58 bits per heavy atom. The highest BCUT2D eigenvalue weighted by Gasteiger charge is 2.27. The van der Waals surface area contributed by atoms with E-state index in [4.69, 9.17) is 4.74 Å². The van der Waals surface area contributed by atoms with Crippen molar-refractivity contribution < 1.29 is 19.6 Å². The van der Waals surface area contributed by atoms with Crippen LogP contribution in [0.3, 0.4) is 0 Å². The second-order valence-corrected chi connectivity index (χ2v) is 8.42. The summed E-state index contributed by atoms with van der Waals surface area (Å²) in [5, 5.41) is 5.60. The van der Waals surface area contributed by atoms with Crippen LogP contribution < -0.4 is 10.6 Å². The van der Waals surface area contributed by atoms with Crippen molar-refractivity contribution in [2.24, 2.45) is 0 Å². The van der Waals surface area contributed by atoms with Crippen LogP contribution in [0.15, 0.2) is 0 Å². The third-order valence-corrected chi connectivity index (χ3v) is 5.26. The van der Waals surface area contributed by atoms with E-state index in [2.05, 4.69) is 26.1 Å². The zero-order valence-electron chi connectivity index (χ0n) is 15.2. The second kappa shape index (κ2) is 8.12. The van der Waals surface area contributed by atoms with E-state index in [0.717, 1.165) is 31.2 Å². The summed E-state index contributed by atoms with van der Waals surface area (Å²) in [5.41, 5.74) is 1.67. The number of nitrogens with two attached hydrogens (primary N) is 1. The molecule has 1 aliphatic rings. The van der Waals surface area contributed by atoms with E-state index in [1.54, 1.807) is 18.3 Å². The standard InChI is InChI=1S/C18H28N2O3S/c1-5-23-17(22)15-12-9-7-6-8-10-13(12)24-16(15)20-14(21)11-19-18(2,3)4/h19H,5-11H2,1-4H3,(H,20,21)/p+1. The number of ether oxygens (including phenoxy) is 1. The molecule has 0 saturated carbocycles. The molecule has 0 unspecified atom stereocenters. The van der Waals surface area contributed by atoms with E-state index >= 15 is 0 Å². The number of hydrogen-bond acceptors (Lipinski definition) is 4. The van der Waals surface area contributed by atoms with Crippen LogP contribution in [0, 0.1) is 0 Å². The largest absolute Gasteiger partial charge is 0.462 e. The number of amides is 1. The first-order chi connectivity index (χ1) is 11.3. The zero-order chi connectivity index (χ0) is 17.7. The molecule has 0 radical (unpaired) electrons. The molecular formula is C18H29N2O3S+. The Bertz CT molecular complexity index is 602. The van der Waals surface area contributed by atoms with Crippen LogP contribution in [-0.2, 0) is 22.4 Å². The van der Waals surface area contributed by atoms with Crippen molar-refractivity contribution in [3.05, 3.63) is 16.0 Å². The van der Waals surface area contributed by atoms with Gasteiger partial charge < -0.3 is 15.4 Å². The van der Waals surface area contributed by atoms with Crippen molar-refractivity contribution in [3.8, 4) is 0 Å². The van der Waals surface area contributed by atoms with E-state index in [1.165, 1.54) is 11.3 Å². The molecular weight excluding hydrogens is 324 g/mol. The molecule has 1 aromatic rings. The molecule has 24 heavy (non-hydrogen) atoms. The summed E-state index contributed by atoms with van der Waals surface area (Å²) in [6, 6.07) is 0. The molecule has 0 bridgehead atoms. The Kier molecular flexibility index (Phi) is 6.40. The molecule has 1 aliphatic carbocycles. The monoisotopic (exact) mass is 353 g/mol. The van der Waals surface area contributed by atoms with Crippen molar-refractivity contribution in [1.29, 1.82) is 0 Å². The fourth-order valence-corrected chi connectivity index (χ4v) is 4.12. The summed E-state index contributed by atoms with van der Waals surface area (Å²) in [6.07, 6.45) is 5.29. The van der Waals surface area contributed by atoms with Crippen molar-refractivity contribution in [1.82, 2.24) is 0 Å². The highest BCUT2D eigenvalue weighted by atomic mass is 32.1. The molecule has 1 heterocycles. The fourth-order valence-electron chi connectivity index (χ4n) is 2.83. The van der Waals surface area contributed by atoms with E-state index in [9.17, 15) is 9.59 Å². The molecule has 2 rings (SSSR count). The summed E-state index contributed by atoms with van der Waals surface area (Å²) in [6.45, 7) is 8.69. The number of fused-ring (bicyclic) bond motifs is 1. The maximum Gasteiger partial charge on any atom is 0.341 e. The zero-order valence-corrected chi connectivity index (χ0v) is 16.0. The number of quaternary nitrogens is 1. The lowest BCUT2D eigenvalue weighted by Gasteiger charge is -2.16. The third kappa shape index (κ3) is 5.05. The first kappa shape index (κ1) is 18.9. The van der Waals surface area contributed by atoms with Gasteiger partial charge in [-0.05, 0) is 58.9 Å². The maximum atomic E-state index is 12.4. The number of esters is 1. The van der Waals surface area contributed by atoms with Gasteiger partial charge in [-0.25, -0.2) is 4.79 Å². The molecule has 0 atom stereocenters. The predicted octanol–water partition coefficient (Wildman–Crippen LogP) is 2.49. The summed E-state index contributed by atoms with van der Waals surface area (Å²) >= 11 is 1.54. The smallest absolute Gasteiger partial charge is 0.341 e. The van der Waals surface area contributed by atoms with Crippen LogP contribution >= 0.6 is 11.3 Å². The van der Waals surface area contributed by atoms with E-state index in [1.807, 2.05) is 5.32 Å². The van der Waals surface area contributed by atoms with Gasteiger partial charge in [0.15, 0.2) is 6.54 Å². The maximum absolute atomic E-state index is 12.4. The Hall–Kier alpha value is -1.40. The van der Waals surface area contributed by atoms with E-state index < -0.39 is 0 Å². The number of aryl methyl sites for hydroxylation is 1. The van der Waals surface area contributed by atoms with Gasteiger partial charge in [0.25, 0.3) is 5.91 Å². The van der Waals surface area contributed by atoms with Gasteiger partial charge in [-0.3, -0.25) is 4.79 Å². The van der Waals surface area contributed by atoms with Gasteiger partial charge in [-0.15, -0.1) is 11.3 Å². The summed E-state index contributed by atoms with van der Waals surface area (Å²) in [5.74, 6) is -0.390. The first-order valence-corrected chi connectivity index (χ1v) is 9.59. The lowest BCUT2D eigenvalue weighted by Crippen LogP contribution is -2.95. The molecule has 0 aliphatic heterocycles. The molecule has 3 N–H and O–H groups in total. The van der Waals surface area contributed by atoms with Gasteiger partial charge in [-0.2, -0.15) is 0 Å². The number of nitrogens with one attached hydrogen (secondary N) is 1. The molecule has 6 heteroatoms. The number of hydrogen-bond donors (Lipinski definition) is 2. The average molecular weight is 354 g/mol. The highest BCUT2D eigenvalue weighted by molar-refractivity contribution is 7.17. The van der Waals surface area contributed by atoms with Gasteiger partial charge in [0.05, 0.1) is 17.7 Å². The summed E-state index contributed by atoms with van der Waals surface area (Å²) in [7, 11) is 0. The molecule has 0 fully saturated rings. The normalized spacial score (nSPS) is 14.7. The van der Waals surface area contributed by atoms with Crippen molar-refractivity contribution >= 4 is 28.2 Å². The van der Waals surface area contributed by atoms with Crippen LogP contribution in [0.1, 0.15) is 67.8 Å². The number of carbonyl (C=O) groups is 2. The minimum Gasteiger partial charge on any atom is -0.462 e. The van der Waals surface area contributed by atoms with E-state index in [0.29, 0.717) is 23.7 Å². The van der Waals surface area contributed by atoms with Gasteiger partial charge in [0, 0.05) is 4.88 Å². The Balaban J connectivity index is 2.21. The van der Waals surface area contributed by atoms with Gasteiger partial charge >= 0.3 is 5.97 Å². The van der Waals surface area contributed by atoms with Crippen LogP contribution in [0.4, 0.5) is 5.00 Å². The van der Waals surface area contributed by atoms with Crippen molar-refractivity contribution in [2.45, 2.75) is 65.3 Å². The predicted molar refractivity (Wildman–Crippen MR) is 96.7 cm³/mol. The Morgan fingerprint density at radius 2 is 1.92 bits per heavy atom. The number of rotatable bonds is 5. The van der Waals surface area contributed by atoms with Crippen molar-refractivity contribution in [3.63, 3.8) is 0 Å². The first-order valence-electron chi connectivity index (χ1n) is 8.77. The molecule has 0 spiro atoms. The average Bonchev–Trinajstić information content (AvgIpc) is 2.66. The minimum atomic E-state index is -0.313. The third-order valence-electron chi connectivity index (χ3n) is 4.05.